The Bertz CT molecular complexity index is 1440. The largest absolute Gasteiger partial charge is 0.395 e. The predicted molar refractivity (Wildman–Crippen MR) is 162 cm³/mol. The average molecular weight is 578 g/mol. The number of piperidine rings is 1. The van der Waals surface area contributed by atoms with Crippen LogP contribution in [0.2, 0.25) is 0 Å². The van der Waals surface area contributed by atoms with E-state index in [1.807, 2.05) is 35.7 Å². The number of aryl methyl sites for hydroxylation is 1. The summed E-state index contributed by atoms with van der Waals surface area (Å²) in [5, 5.41) is 11.5. The van der Waals surface area contributed by atoms with E-state index in [4.69, 9.17) is 0 Å². The lowest BCUT2D eigenvalue weighted by atomic mass is 9.88. The molecule has 9 heteroatoms. The number of rotatable bonds is 8. The van der Waals surface area contributed by atoms with Crippen molar-refractivity contribution in [2.75, 3.05) is 39.8 Å². The number of hydrogen-bond donors (Lipinski definition) is 1. The highest BCUT2D eigenvalue weighted by molar-refractivity contribution is 5.99. The number of carbonyl (C=O) groups excluding carboxylic acids is 2. The molecule has 0 unspecified atom stereocenters. The maximum absolute atomic E-state index is 14.4. The summed E-state index contributed by atoms with van der Waals surface area (Å²) in [5.74, 6) is 0.271. The lowest BCUT2D eigenvalue weighted by Crippen LogP contribution is -2.47. The zero-order valence-electron chi connectivity index (χ0n) is 25.5. The minimum atomic E-state index is -0.443. The van der Waals surface area contributed by atoms with Crippen LogP contribution < -0.4 is 0 Å². The van der Waals surface area contributed by atoms with Crippen LogP contribution in [0.3, 0.4) is 0 Å². The van der Waals surface area contributed by atoms with Gasteiger partial charge < -0.3 is 19.5 Å². The molecule has 2 aliphatic rings. The van der Waals surface area contributed by atoms with Crippen LogP contribution in [0.4, 0.5) is 4.39 Å². The Balaban J connectivity index is 1.40. The van der Waals surface area contributed by atoms with Gasteiger partial charge in [-0.15, -0.1) is 0 Å². The normalized spacial score (nSPS) is 19.1. The van der Waals surface area contributed by atoms with Gasteiger partial charge in [0, 0.05) is 63.5 Å². The van der Waals surface area contributed by atoms with Gasteiger partial charge in [-0.05, 0) is 94.2 Å². The van der Waals surface area contributed by atoms with Crippen molar-refractivity contribution in [3.8, 4) is 5.69 Å². The molecule has 0 radical (unpaired) electrons. The molecule has 226 valence electrons. The number of nitrogens with zero attached hydrogens (tertiary/aromatic N) is 5. The van der Waals surface area contributed by atoms with Crippen LogP contribution in [-0.2, 0) is 11.2 Å². The topological polar surface area (TPSA) is 81.9 Å². The molecule has 3 aromatic rings. The van der Waals surface area contributed by atoms with Gasteiger partial charge in [0.2, 0.25) is 5.91 Å². The number of aliphatic hydroxyl groups is 1. The molecular weight excluding hydrogens is 533 g/mol. The summed E-state index contributed by atoms with van der Waals surface area (Å²) in [4.78, 5) is 35.6. The van der Waals surface area contributed by atoms with E-state index < -0.39 is 5.82 Å². The number of aromatic nitrogens is 2. The predicted octanol–water partition coefficient (Wildman–Crippen LogP) is 4.44. The van der Waals surface area contributed by atoms with Gasteiger partial charge >= 0.3 is 0 Å². The van der Waals surface area contributed by atoms with Gasteiger partial charge in [-0.2, -0.15) is 0 Å². The van der Waals surface area contributed by atoms with Gasteiger partial charge in [0.1, 0.15) is 5.82 Å². The minimum Gasteiger partial charge on any atom is -0.395 e. The smallest absolute Gasteiger partial charge is 0.256 e. The molecule has 2 saturated heterocycles. The molecule has 0 saturated carbocycles. The second-order valence-electron chi connectivity index (χ2n) is 12.5. The Hall–Kier alpha value is -3.30. The van der Waals surface area contributed by atoms with Crippen LogP contribution in [0.15, 0.2) is 36.8 Å². The first-order chi connectivity index (χ1) is 20.1. The zero-order chi connectivity index (χ0) is 30.1. The Morgan fingerprint density at radius 2 is 1.88 bits per heavy atom. The van der Waals surface area contributed by atoms with E-state index in [0.29, 0.717) is 23.1 Å². The fourth-order valence-corrected chi connectivity index (χ4v) is 6.91. The van der Waals surface area contributed by atoms with Crippen LogP contribution in [0, 0.1) is 24.6 Å². The molecule has 42 heavy (non-hydrogen) atoms. The van der Waals surface area contributed by atoms with E-state index in [1.54, 1.807) is 24.9 Å². The zero-order valence-corrected chi connectivity index (χ0v) is 25.5. The number of benzene rings is 1. The van der Waals surface area contributed by atoms with Crippen molar-refractivity contribution in [2.24, 2.45) is 11.8 Å². The van der Waals surface area contributed by atoms with E-state index in [2.05, 4.69) is 23.0 Å². The number of carbonyl (C=O) groups is 2. The molecule has 2 amide bonds. The third-order valence-electron chi connectivity index (χ3n) is 9.54. The van der Waals surface area contributed by atoms with Crippen LogP contribution in [0.1, 0.15) is 61.5 Å². The van der Waals surface area contributed by atoms with Gasteiger partial charge in [0.15, 0.2) is 0 Å². The van der Waals surface area contributed by atoms with Crippen molar-refractivity contribution in [1.82, 2.24) is 24.3 Å². The number of aliphatic hydroxyl groups excluding tert-OH is 1. The summed E-state index contributed by atoms with van der Waals surface area (Å²) in [7, 11) is 1.74. The maximum atomic E-state index is 14.4. The summed E-state index contributed by atoms with van der Waals surface area (Å²) in [6.07, 6.45) is 9.55. The van der Waals surface area contributed by atoms with Gasteiger partial charge in [-0.3, -0.25) is 19.5 Å². The summed E-state index contributed by atoms with van der Waals surface area (Å²) < 4.78 is 16.4. The lowest BCUT2D eigenvalue weighted by molar-refractivity contribution is -0.130. The number of pyridine rings is 1. The second kappa shape index (κ2) is 12.5. The van der Waals surface area contributed by atoms with Gasteiger partial charge in [-0.1, -0.05) is 0 Å². The number of likely N-dealkylation sites (tertiary alicyclic amines) is 2. The number of halogens is 1. The number of fused-ring (bicyclic) bond motifs is 1. The molecular formula is C33H44FN5O3. The van der Waals surface area contributed by atoms with Crippen molar-refractivity contribution >= 4 is 22.7 Å². The quantitative estimate of drug-likeness (QED) is 0.428. The SMILES string of the molecule is CC(=O)N1CCC([C@H](CO)N2CC[C@@H](Cc3cn(-c4ccc(F)cc4C(=O)N(C)C(C)C)c4cncc(C)c34)C2)CC1. The highest BCUT2D eigenvalue weighted by atomic mass is 19.1. The van der Waals surface area contributed by atoms with E-state index in [1.165, 1.54) is 17.7 Å². The van der Waals surface area contributed by atoms with Crippen molar-refractivity contribution in [1.29, 1.82) is 0 Å². The molecule has 5 rings (SSSR count). The Morgan fingerprint density at radius 3 is 2.55 bits per heavy atom. The Morgan fingerprint density at radius 1 is 1.14 bits per heavy atom. The van der Waals surface area contributed by atoms with Crippen molar-refractivity contribution in [2.45, 2.75) is 65.5 Å². The Kier molecular flexibility index (Phi) is 8.99. The van der Waals surface area contributed by atoms with E-state index in [9.17, 15) is 19.1 Å². The third kappa shape index (κ3) is 5.95. The molecule has 0 spiro atoms. The highest BCUT2D eigenvalue weighted by Crippen LogP contribution is 2.34. The fraction of sp³-hybridized carbons (Fsp3) is 0.545. The van der Waals surface area contributed by atoms with Crippen molar-refractivity contribution in [3.05, 3.63) is 59.3 Å². The summed E-state index contributed by atoms with van der Waals surface area (Å²) in [6.45, 7) is 11.1. The first kappa shape index (κ1) is 30.2. The maximum Gasteiger partial charge on any atom is 0.256 e. The highest BCUT2D eigenvalue weighted by Gasteiger charge is 2.35. The molecule has 2 fully saturated rings. The average Bonchev–Trinajstić information content (AvgIpc) is 3.58. The molecule has 0 aliphatic carbocycles. The summed E-state index contributed by atoms with van der Waals surface area (Å²) in [6, 6.07) is 4.51. The summed E-state index contributed by atoms with van der Waals surface area (Å²) >= 11 is 0. The third-order valence-corrected chi connectivity index (χ3v) is 9.54. The van der Waals surface area contributed by atoms with Crippen molar-refractivity contribution < 1.29 is 19.1 Å². The van der Waals surface area contributed by atoms with E-state index in [0.717, 1.165) is 68.3 Å². The molecule has 8 nitrogen and oxygen atoms in total. The Labute approximate surface area is 248 Å². The summed E-state index contributed by atoms with van der Waals surface area (Å²) in [5.41, 5.74) is 4.12. The fourth-order valence-electron chi connectivity index (χ4n) is 6.91. The van der Waals surface area contributed by atoms with Crippen LogP contribution in [0.25, 0.3) is 16.6 Å². The molecule has 1 aromatic carbocycles. The molecule has 0 bridgehead atoms. The van der Waals surface area contributed by atoms with E-state index >= 15 is 0 Å². The lowest BCUT2D eigenvalue weighted by Gasteiger charge is -2.39. The first-order valence-electron chi connectivity index (χ1n) is 15.2. The number of amides is 2. The molecule has 2 aliphatic heterocycles. The minimum absolute atomic E-state index is 0.0239. The standard InChI is InChI=1S/C33H44FN5O3/c1-21(2)36(5)33(42)28-15-27(34)6-7-29(28)39-19-26(32-22(3)16-35-17-30(32)39)14-24-8-11-38(18-24)31(20-40)25-9-12-37(13-10-25)23(4)41/h6-7,15-17,19,21,24-25,31,40H,8-14,18,20H2,1-5H3/t24-,31-/m0/s1. The number of hydrogen-bond acceptors (Lipinski definition) is 5. The first-order valence-corrected chi connectivity index (χ1v) is 15.2. The molecule has 2 atom stereocenters. The van der Waals surface area contributed by atoms with Crippen LogP contribution in [-0.4, -0.2) is 93.1 Å². The molecule has 1 N–H and O–H groups in total. The van der Waals surface area contributed by atoms with Crippen LogP contribution >= 0.6 is 0 Å². The molecule has 2 aromatic heterocycles. The second-order valence-corrected chi connectivity index (χ2v) is 12.5. The van der Waals surface area contributed by atoms with Gasteiger partial charge in [0.25, 0.3) is 5.91 Å². The molecule has 4 heterocycles. The van der Waals surface area contributed by atoms with Gasteiger partial charge in [-0.25, -0.2) is 4.39 Å². The monoisotopic (exact) mass is 577 g/mol. The van der Waals surface area contributed by atoms with E-state index in [-0.39, 0.29) is 30.5 Å². The van der Waals surface area contributed by atoms with Crippen molar-refractivity contribution in [3.63, 3.8) is 0 Å². The van der Waals surface area contributed by atoms with Crippen LogP contribution in [0.5, 0.6) is 0 Å². The van der Waals surface area contributed by atoms with Gasteiger partial charge in [0.05, 0.1) is 29.6 Å².